The minimum absolute atomic E-state index is 0. The maximum atomic E-state index is 12.8. The highest BCUT2D eigenvalue weighted by atomic mass is 35.5. The third kappa shape index (κ3) is 4.73. The highest BCUT2D eigenvalue weighted by Gasteiger charge is 2.20. The summed E-state index contributed by atoms with van der Waals surface area (Å²) >= 11 is 0. The molecule has 0 bridgehead atoms. The van der Waals surface area contributed by atoms with Crippen LogP contribution in [0.4, 0.5) is 5.69 Å². The van der Waals surface area contributed by atoms with Crippen molar-refractivity contribution < 1.29 is 26.6 Å². The molecule has 2 heterocycles. The summed E-state index contributed by atoms with van der Waals surface area (Å²) in [5, 5.41) is 15.5. The molecule has 0 spiro atoms. The van der Waals surface area contributed by atoms with Crippen molar-refractivity contribution in [2.75, 3.05) is 27.7 Å². The number of nitrogens with zero attached hydrogens (tertiary/aromatic N) is 4. The van der Waals surface area contributed by atoms with Crippen LogP contribution in [0.25, 0.3) is 21.9 Å². The first kappa shape index (κ1) is 21.9. The quantitative estimate of drug-likeness (QED) is 0.165. The molecule has 0 fully saturated rings. The van der Waals surface area contributed by atoms with E-state index in [1.165, 1.54) is 24.5 Å². The van der Waals surface area contributed by atoms with Crippen LogP contribution in [0, 0.1) is 10.1 Å². The minimum Gasteiger partial charge on any atom is -1.00 e. The molecule has 29 heavy (non-hydrogen) atoms. The monoisotopic (exact) mass is 418 g/mol. The topological polar surface area (TPSA) is 130 Å². The first-order valence-electron chi connectivity index (χ1n) is 8.38. The number of aromatic amines is 1. The fraction of sp³-hybridized carbons (Fsp3) is 0.222. The Labute approximate surface area is 171 Å². The van der Waals surface area contributed by atoms with E-state index in [4.69, 9.17) is 0 Å². The highest BCUT2D eigenvalue weighted by molar-refractivity contribution is 6.05. The third-order valence-electron chi connectivity index (χ3n) is 3.95. The molecule has 0 aliphatic carbocycles. The fourth-order valence-electron chi connectivity index (χ4n) is 2.81. The molecule has 0 unspecified atom stereocenters. The van der Waals surface area contributed by atoms with Gasteiger partial charge in [0, 0.05) is 17.8 Å². The van der Waals surface area contributed by atoms with Gasteiger partial charge in [0.25, 0.3) is 11.6 Å². The number of pyridine rings is 2. The molecule has 2 N–H and O–H groups in total. The molecular formula is C18H19ClN6O4. The van der Waals surface area contributed by atoms with E-state index in [-0.39, 0.29) is 46.8 Å². The number of H-pyrrole nitrogens is 1. The van der Waals surface area contributed by atoms with Crippen molar-refractivity contribution in [1.82, 2.24) is 15.4 Å². The Kier molecular flexibility index (Phi) is 6.30. The number of quaternary nitrogens is 1. The van der Waals surface area contributed by atoms with Crippen molar-refractivity contribution >= 4 is 39.7 Å². The molecule has 0 saturated heterocycles. The number of amides is 1. The minimum atomic E-state index is -0.607. The number of aromatic nitrogens is 2. The second kappa shape index (κ2) is 8.33. The number of carbonyl (C=O) groups is 1. The predicted molar refractivity (Wildman–Crippen MR) is 105 cm³/mol. The van der Waals surface area contributed by atoms with Gasteiger partial charge in [-0.15, -0.1) is 0 Å². The number of likely N-dealkylation sites (N-methyl/N-ethyl adjacent to an activating group) is 1. The van der Waals surface area contributed by atoms with E-state index in [9.17, 15) is 19.7 Å². The van der Waals surface area contributed by atoms with Gasteiger partial charge in [0.05, 0.1) is 43.2 Å². The zero-order valence-corrected chi connectivity index (χ0v) is 16.7. The number of benzene rings is 1. The van der Waals surface area contributed by atoms with Crippen molar-refractivity contribution in [2.24, 2.45) is 5.10 Å². The van der Waals surface area contributed by atoms with E-state index in [1.54, 1.807) is 12.1 Å². The van der Waals surface area contributed by atoms with Gasteiger partial charge in [0.1, 0.15) is 11.0 Å². The summed E-state index contributed by atoms with van der Waals surface area (Å²) in [6.45, 7) is 0.226. The van der Waals surface area contributed by atoms with Crippen LogP contribution in [-0.4, -0.2) is 59.2 Å². The Balaban J connectivity index is 0.00000300. The number of fused-ring (bicyclic) bond motifs is 2. The van der Waals surface area contributed by atoms with E-state index in [2.05, 4.69) is 20.5 Å². The van der Waals surface area contributed by atoms with Gasteiger partial charge in [0.2, 0.25) is 5.43 Å². The Hall–Kier alpha value is -3.37. The van der Waals surface area contributed by atoms with Gasteiger partial charge < -0.3 is 21.9 Å². The van der Waals surface area contributed by atoms with E-state index >= 15 is 0 Å². The molecule has 3 aromatic rings. The Morgan fingerprint density at radius 3 is 2.72 bits per heavy atom. The molecule has 10 nitrogen and oxygen atoms in total. The standard InChI is InChI=1S/C18H18N6O4.ClH/c1-24(2,3)10-14(25)22-20-9-11-6-7-13(23(27)28)15-16(11)21-18-12(17(15)26)5-4-8-19-18;/h4-9H,10H2,1-3H3,(H-,19,20,21,22,25,26);1H. The third-order valence-corrected chi connectivity index (χ3v) is 3.95. The van der Waals surface area contributed by atoms with Gasteiger partial charge in [0.15, 0.2) is 6.54 Å². The van der Waals surface area contributed by atoms with Gasteiger partial charge in [-0.3, -0.25) is 19.7 Å². The van der Waals surface area contributed by atoms with E-state index in [0.29, 0.717) is 15.7 Å². The second-order valence-corrected chi connectivity index (χ2v) is 7.28. The van der Waals surface area contributed by atoms with Crippen LogP contribution < -0.4 is 23.3 Å². The van der Waals surface area contributed by atoms with E-state index in [0.717, 1.165) is 0 Å². The van der Waals surface area contributed by atoms with Crippen LogP contribution in [0.3, 0.4) is 0 Å². The number of hydrogen-bond acceptors (Lipinski definition) is 6. The van der Waals surface area contributed by atoms with Crippen LogP contribution >= 0.6 is 0 Å². The largest absolute Gasteiger partial charge is 1.00 e. The number of carbonyl (C=O) groups excluding carboxylic acids is 1. The molecule has 11 heteroatoms. The van der Waals surface area contributed by atoms with Crippen molar-refractivity contribution in [3.8, 4) is 0 Å². The lowest BCUT2D eigenvalue weighted by Gasteiger charge is -2.21. The van der Waals surface area contributed by atoms with Crippen molar-refractivity contribution in [3.63, 3.8) is 0 Å². The first-order valence-corrected chi connectivity index (χ1v) is 8.38. The summed E-state index contributed by atoms with van der Waals surface area (Å²) in [5.74, 6) is -0.282. The van der Waals surface area contributed by atoms with Crippen molar-refractivity contribution in [1.29, 1.82) is 0 Å². The van der Waals surface area contributed by atoms with Gasteiger partial charge in [-0.25, -0.2) is 10.4 Å². The molecule has 2 aromatic heterocycles. The Bertz CT molecular complexity index is 1180. The van der Waals surface area contributed by atoms with Crippen LogP contribution in [0.1, 0.15) is 5.56 Å². The number of hydrogen-bond donors (Lipinski definition) is 2. The SMILES string of the molecule is C[N+](C)(C)CC(=O)N/N=C/c1ccc([N+](=O)[O-])c2c(=O)c3cccnc3[nH]c12.[Cl-]. The molecule has 0 aliphatic heterocycles. The molecule has 0 saturated carbocycles. The molecule has 1 amide bonds. The first-order chi connectivity index (χ1) is 13.2. The zero-order chi connectivity index (χ0) is 20.5. The van der Waals surface area contributed by atoms with Crippen molar-refractivity contribution in [3.05, 3.63) is 56.4 Å². The predicted octanol–water partition coefficient (Wildman–Crippen LogP) is -1.86. The zero-order valence-electron chi connectivity index (χ0n) is 16.0. The molecule has 0 radical (unpaired) electrons. The van der Waals surface area contributed by atoms with Crippen LogP contribution in [0.15, 0.2) is 40.4 Å². The van der Waals surface area contributed by atoms with Gasteiger partial charge in [-0.05, 0) is 18.2 Å². The molecule has 152 valence electrons. The number of nitro groups is 1. The summed E-state index contributed by atoms with van der Waals surface area (Å²) in [6, 6.07) is 5.84. The lowest BCUT2D eigenvalue weighted by molar-refractivity contribution is -0.862. The second-order valence-electron chi connectivity index (χ2n) is 7.28. The van der Waals surface area contributed by atoms with Gasteiger partial charge in [-0.2, -0.15) is 5.10 Å². The lowest BCUT2D eigenvalue weighted by Crippen LogP contribution is -3.00. The van der Waals surface area contributed by atoms with Gasteiger partial charge >= 0.3 is 0 Å². The summed E-state index contributed by atoms with van der Waals surface area (Å²) in [7, 11) is 5.61. The number of non-ortho nitro benzene ring substituents is 1. The summed E-state index contributed by atoms with van der Waals surface area (Å²) in [4.78, 5) is 42.6. The summed E-state index contributed by atoms with van der Waals surface area (Å²) in [5.41, 5.74) is 2.56. The maximum Gasteiger partial charge on any atom is 0.295 e. The normalized spacial score (nSPS) is 11.6. The highest BCUT2D eigenvalue weighted by Crippen LogP contribution is 2.25. The van der Waals surface area contributed by atoms with E-state index < -0.39 is 10.4 Å². The fourth-order valence-corrected chi connectivity index (χ4v) is 2.81. The lowest BCUT2D eigenvalue weighted by atomic mass is 10.1. The smallest absolute Gasteiger partial charge is 0.295 e. The van der Waals surface area contributed by atoms with Crippen LogP contribution in [-0.2, 0) is 4.79 Å². The van der Waals surface area contributed by atoms with Gasteiger partial charge in [-0.1, -0.05) is 0 Å². The number of nitro benzene ring substituents is 1. The molecule has 0 aliphatic rings. The van der Waals surface area contributed by atoms with Crippen LogP contribution in [0.5, 0.6) is 0 Å². The average molecular weight is 419 g/mol. The summed E-state index contributed by atoms with van der Waals surface area (Å²) < 4.78 is 0.437. The van der Waals surface area contributed by atoms with E-state index in [1.807, 2.05) is 21.1 Å². The Morgan fingerprint density at radius 1 is 1.34 bits per heavy atom. The number of halogens is 1. The molecular weight excluding hydrogens is 400 g/mol. The molecule has 1 aromatic carbocycles. The van der Waals surface area contributed by atoms with Crippen LogP contribution in [0.2, 0.25) is 0 Å². The number of nitrogens with one attached hydrogen (secondary N) is 2. The number of rotatable bonds is 5. The summed E-state index contributed by atoms with van der Waals surface area (Å²) in [6.07, 6.45) is 2.85. The average Bonchev–Trinajstić information content (AvgIpc) is 2.60. The maximum absolute atomic E-state index is 12.8. The molecule has 0 atom stereocenters. The molecule has 3 rings (SSSR count). The Morgan fingerprint density at radius 2 is 2.07 bits per heavy atom. The van der Waals surface area contributed by atoms with Crippen molar-refractivity contribution in [2.45, 2.75) is 0 Å². The number of hydrazone groups is 1.